The van der Waals surface area contributed by atoms with Gasteiger partial charge in [0.1, 0.15) is 54.9 Å². The van der Waals surface area contributed by atoms with Crippen LogP contribution in [0.1, 0.15) is 226 Å². The van der Waals surface area contributed by atoms with Gasteiger partial charge in [0.2, 0.25) is 0 Å². The molecule has 0 amide bonds. The third-order valence-corrected chi connectivity index (χ3v) is 13.7. The zero-order valence-corrected chi connectivity index (χ0v) is 44.0. The summed E-state index contributed by atoms with van der Waals surface area (Å²) in [6, 6.07) is 0. The Bertz CT molecular complexity index is 1250. The van der Waals surface area contributed by atoms with Crippen molar-refractivity contribution in [2.24, 2.45) is 0 Å². The van der Waals surface area contributed by atoms with Gasteiger partial charge in [-0.2, -0.15) is 0 Å². The van der Waals surface area contributed by atoms with E-state index in [2.05, 4.69) is 38.2 Å². The van der Waals surface area contributed by atoms with Crippen molar-refractivity contribution in [2.45, 2.75) is 293 Å². The van der Waals surface area contributed by atoms with Crippen LogP contribution >= 0.6 is 0 Å². The fourth-order valence-corrected chi connectivity index (χ4v) is 9.04. The fraction of sp³-hybridized carbons (Fsp3) is 0.911. The van der Waals surface area contributed by atoms with Crippen LogP contribution in [0, 0.1) is 0 Å². The Morgan fingerprint density at radius 2 is 0.843 bits per heavy atom. The summed E-state index contributed by atoms with van der Waals surface area (Å²) in [6.07, 6.45) is 32.4. The number of aliphatic hydroxyl groups is 7. The summed E-state index contributed by atoms with van der Waals surface area (Å²) in [5.41, 5.74) is 0. The van der Waals surface area contributed by atoms with Gasteiger partial charge in [0.15, 0.2) is 12.6 Å². The second-order valence-corrected chi connectivity index (χ2v) is 20.1. The number of unbranched alkanes of at least 4 members (excludes halogenated alkanes) is 28. The molecule has 0 aromatic carbocycles. The second kappa shape index (κ2) is 43.8. The first-order chi connectivity index (χ1) is 34.1. The lowest BCUT2D eigenvalue weighted by Crippen LogP contribution is -2.61. The van der Waals surface area contributed by atoms with Gasteiger partial charge in [-0.05, 0) is 64.2 Å². The average Bonchev–Trinajstić information content (AvgIpc) is 3.36. The number of allylic oxidation sites excluding steroid dienone is 4. The van der Waals surface area contributed by atoms with Crippen LogP contribution in [0.2, 0.25) is 0 Å². The topological polar surface area (TPSA) is 214 Å². The summed E-state index contributed by atoms with van der Waals surface area (Å²) >= 11 is 0. The second-order valence-electron chi connectivity index (χ2n) is 20.1. The van der Waals surface area contributed by atoms with Gasteiger partial charge in [-0.25, -0.2) is 0 Å². The molecule has 0 radical (unpaired) electrons. The van der Waals surface area contributed by atoms with Crippen LogP contribution in [0.5, 0.6) is 0 Å². The van der Waals surface area contributed by atoms with E-state index in [1.807, 2.05) is 0 Å². The van der Waals surface area contributed by atoms with Crippen molar-refractivity contribution in [1.29, 1.82) is 0 Å². The van der Waals surface area contributed by atoms with Gasteiger partial charge in [-0.3, -0.25) is 4.79 Å². The molecule has 0 saturated carbocycles. The molecule has 0 aliphatic carbocycles. The summed E-state index contributed by atoms with van der Waals surface area (Å²) < 4.78 is 34.3. The van der Waals surface area contributed by atoms with Crippen LogP contribution < -0.4 is 0 Å². The van der Waals surface area contributed by atoms with Crippen LogP contribution in [0.15, 0.2) is 24.3 Å². The van der Waals surface area contributed by atoms with Crippen molar-refractivity contribution in [3.63, 3.8) is 0 Å². The van der Waals surface area contributed by atoms with Crippen LogP contribution in [-0.2, 0) is 33.2 Å². The Balaban J connectivity index is 1.71. The summed E-state index contributed by atoms with van der Waals surface area (Å²) in [6.45, 7) is 3.69. The van der Waals surface area contributed by atoms with Crippen LogP contribution in [0.3, 0.4) is 0 Å². The summed E-state index contributed by atoms with van der Waals surface area (Å²) in [4.78, 5) is 13.0. The molecule has 2 aliphatic rings. The van der Waals surface area contributed by atoms with Crippen molar-refractivity contribution in [1.82, 2.24) is 0 Å². The number of ether oxygens (including phenoxy) is 6. The van der Waals surface area contributed by atoms with E-state index in [1.165, 1.54) is 141 Å². The highest BCUT2D eigenvalue weighted by atomic mass is 16.7. The first-order valence-electron chi connectivity index (χ1n) is 28.4. The Kier molecular flexibility index (Phi) is 40.4. The van der Waals surface area contributed by atoms with Gasteiger partial charge >= 0.3 is 5.97 Å². The Morgan fingerprint density at radius 1 is 0.457 bits per heavy atom. The van der Waals surface area contributed by atoms with E-state index in [9.17, 15) is 40.5 Å². The highest BCUT2D eigenvalue weighted by molar-refractivity contribution is 5.69. The van der Waals surface area contributed by atoms with E-state index in [1.54, 1.807) is 0 Å². The van der Waals surface area contributed by atoms with Crippen molar-refractivity contribution in [3.05, 3.63) is 24.3 Å². The normalized spacial score (nSPS) is 25.6. The predicted molar refractivity (Wildman–Crippen MR) is 275 cm³/mol. The molecule has 2 heterocycles. The Hall–Kier alpha value is -1.53. The first-order valence-corrected chi connectivity index (χ1v) is 28.4. The van der Waals surface area contributed by atoms with E-state index < -0.39 is 80.7 Å². The van der Waals surface area contributed by atoms with Crippen LogP contribution in [0.4, 0.5) is 0 Å². The molecule has 2 aliphatic heterocycles. The molecular weight excluding hydrogens is 897 g/mol. The third kappa shape index (κ3) is 30.6. The lowest BCUT2D eigenvalue weighted by Gasteiger charge is -2.42. The lowest BCUT2D eigenvalue weighted by atomic mass is 9.98. The molecule has 0 bridgehead atoms. The minimum Gasteiger partial charge on any atom is -0.457 e. The molecule has 11 unspecified atom stereocenters. The van der Waals surface area contributed by atoms with Gasteiger partial charge in [0, 0.05) is 13.0 Å². The van der Waals surface area contributed by atoms with E-state index in [-0.39, 0.29) is 25.6 Å². The smallest absolute Gasteiger partial charge is 0.306 e. The molecule has 2 rings (SSSR count). The molecule has 0 spiro atoms. The number of aliphatic hydroxyl groups excluding tert-OH is 7. The van der Waals surface area contributed by atoms with Gasteiger partial charge in [-0.1, -0.05) is 179 Å². The minimum absolute atomic E-state index is 0.0602. The monoisotopic (exact) mass is 1000 g/mol. The highest BCUT2D eigenvalue weighted by Gasteiger charge is 2.47. The molecule has 14 nitrogen and oxygen atoms in total. The van der Waals surface area contributed by atoms with Gasteiger partial charge in [0.25, 0.3) is 0 Å². The largest absolute Gasteiger partial charge is 0.457 e. The molecule has 7 N–H and O–H groups in total. The van der Waals surface area contributed by atoms with Crippen molar-refractivity contribution in [2.75, 3.05) is 33.0 Å². The zero-order valence-electron chi connectivity index (χ0n) is 44.0. The molecule has 0 aromatic rings. The molecule has 0 aromatic heterocycles. The minimum atomic E-state index is -1.71. The molecular formula is C56H104O14. The first kappa shape index (κ1) is 64.6. The molecule has 2 saturated heterocycles. The number of hydrogen-bond acceptors (Lipinski definition) is 14. The van der Waals surface area contributed by atoms with Gasteiger partial charge in [0.05, 0.1) is 26.4 Å². The van der Waals surface area contributed by atoms with Crippen molar-refractivity contribution in [3.8, 4) is 0 Å². The van der Waals surface area contributed by atoms with Gasteiger partial charge < -0.3 is 64.2 Å². The number of carbonyl (C=O) groups excluding carboxylic acids is 1. The van der Waals surface area contributed by atoms with Crippen LogP contribution in [0.25, 0.3) is 0 Å². The highest BCUT2D eigenvalue weighted by Crippen LogP contribution is 2.27. The summed E-state index contributed by atoms with van der Waals surface area (Å²) in [5.74, 6) is -0.383. The third-order valence-electron chi connectivity index (χ3n) is 13.7. The van der Waals surface area contributed by atoms with E-state index in [0.29, 0.717) is 13.0 Å². The quantitative estimate of drug-likeness (QED) is 0.0172. The van der Waals surface area contributed by atoms with Crippen LogP contribution in [-0.4, -0.2) is 142 Å². The summed E-state index contributed by atoms with van der Waals surface area (Å²) in [7, 11) is 0. The molecule has 412 valence electrons. The van der Waals surface area contributed by atoms with E-state index in [0.717, 1.165) is 57.8 Å². The Labute approximate surface area is 424 Å². The van der Waals surface area contributed by atoms with Crippen molar-refractivity contribution >= 4 is 5.97 Å². The van der Waals surface area contributed by atoms with Crippen molar-refractivity contribution < 1.29 is 69.0 Å². The average molecular weight is 1000 g/mol. The predicted octanol–water partition coefficient (Wildman–Crippen LogP) is 9.58. The number of esters is 1. The lowest BCUT2D eigenvalue weighted by molar-refractivity contribution is -0.332. The Morgan fingerprint density at radius 3 is 1.30 bits per heavy atom. The summed E-state index contributed by atoms with van der Waals surface area (Å²) in [5, 5.41) is 72.2. The van der Waals surface area contributed by atoms with Gasteiger partial charge in [-0.15, -0.1) is 0 Å². The maximum atomic E-state index is 13.0. The number of hydrogen-bond donors (Lipinski definition) is 7. The fourth-order valence-electron chi connectivity index (χ4n) is 9.04. The number of rotatable bonds is 46. The van der Waals surface area contributed by atoms with E-state index in [4.69, 9.17) is 28.4 Å². The number of carbonyl (C=O) groups is 1. The maximum Gasteiger partial charge on any atom is 0.306 e. The maximum absolute atomic E-state index is 13.0. The molecule has 11 atom stereocenters. The molecule has 14 heteroatoms. The zero-order chi connectivity index (χ0) is 50.9. The molecule has 70 heavy (non-hydrogen) atoms. The SMILES string of the molecule is CCCCCCC/C=C\CCCCCCCC(=O)OC(COCCCCCCCCCCCC/C=C\CCCCCCCCCC)COC1OC(COC2OC(CO)C(O)C(O)C2O)C(O)C(O)C1O. The van der Waals surface area contributed by atoms with E-state index >= 15 is 0 Å². The molecule has 2 fully saturated rings. The standard InChI is InChI=1S/C56H104O14/c1-3-5-7-9-11-13-15-17-19-20-21-22-23-24-25-26-28-30-32-34-36-38-40-65-42-45(68-48(58)39-37-35-33-31-29-27-18-16-14-12-10-8-6-4-2)43-66-55-54(64)52(62)50(60)47(70-55)44-67-56-53(63)51(61)49(59)46(41-57)69-56/h16,18,20-21,45-47,49-57,59-64H,3-15,17,19,22-44H2,1-2H3/b18-16-,21-20-.